The van der Waals surface area contributed by atoms with Crippen molar-refractivity contribution in [3.63, 3.8) is 0 Å². The number of rotatable bonds is 6. The fraction of sp³-hybridized carbons (Fsp3) is 0.478. The van der Waals surface area contributed by atoms with Crippen LogP contribution in [0, 0.1) is 11.8 Å². The maximum atomic E-state index is 12.7. The third-order valence-electron chi connectivity index (χ3n) is 6.12. The Morgan fingerprint density at radius 3 is 2.34 bits per heavy atom. The Kier molecular flexibility index (Phi) is 6.55. The van der Waals surface area contributed by atoms with Crippen molar-refractivity contribution >= 4 is 34.7 Å². The van der Waals surface area contributed by atoms with E-state index in [0.29, 0.717) is 5.02 Å². The molecule has 2 aromatic rings. The molecule has 1 aromatic heterocycles. The van der Waals surface area contributed by atoms with E-state index in [-0.39, 0.29) is 11.8 Å². The highest BCUT2D eigenvalue weighted by Crippen LogP contribution is 2.26. The van der Waals surface area contributed by atoms with Gasteiger partial charge < -0.3 is 15.5 Å². The largest absolute Gasteiger partial charge is 0.385 e. The number of benzene rings is 1. The molecule has 1 saturated heterocycles. The minimum Gasteiger partial charge on any atom is -0.385 e. The van der Waals surface area contributed by atoms with Crippen LogP contribution in [0.3, 0.4) is 0 Å². The summed E-state index contributed by atoms with van der Waals surface area (Å²) in [6.45, 7) is 2.71. The number of piperidine rings is 1. The number of nitrogens with one attached hydrogen (secondary N) is 2. The molecule has 4 rings (SSSR count). The zero-order valence-electron chi connectivity index (χ0n) is 16.7. The van der Waals surface area contributed by atoms with Crippen LogP contribution in [0.25, 0.3) is 0 Å². The Morgan fingerprint density at radius 2 is 1.69 bits per heavy atom. The van der Waals surface area contributed by atoms with Crippen LogP contribution in [-0.2, 0) is 4.79 Å². The normalized spacial score (nSPS) is 18.0. The van der Waals surface area contributed by atoms with Crippen molar-refractivity contribution in [1.82, 2.24) is 4.98 Å². The third kappa shape index (κ3) is 5.41. The highest BCUT2D eigenvalue weighted by Gasteiger charge is 2.25. The fourth-order valence-electron chi connectivity index (χ4n) is 4.32. The third-order valence-corrected chi connectivity index (χ3v) is 6.35. The van der Waals surface area contributed by atoms with Gasteiger partial charge in [0.05, 0.1) is 5.02 Å². The molecule has 2 aliphatic rings. The van der Waals surface area contributed by atoms with Crippen molar-refractivity contribution in [2.45, 2.75) is 38.5 Å². The van der Waals surface area contributed by atoms with Crippen LogP contribution in [0.2, 0.25) is 5.02 Å². The number of amides is 1. The summed E-state index contributed by atoms with van der Waals surface area (Å²) in [6, 6.07) is 11.9. The Hall–Kier alpha value is -2.27. The number of pyridine rings is 1. The second-order valence-electron chi connectivity index (χ2n) is 8.19. The van der Waals surface area contributed by atoms with Gasteiger partial charge in [-0.25, -0.2) is 4.98 Å². The van der Waals surface area contributed by atoms with E-state index in [0.717, 1.165) is 55.6 Å². The SMILES string of the molecule is O=C(Nc1ccc(NCC2CCCC2)cc1)C1CCN(c2ccc(Cl)cn2)CC1. The number of carbonyl (C=O) groups is 1. The highest BCUT2D eigenvalue weighted by molar-refractivity contribution is 6.30. The first-order valence-electron chi connectivity index (χ1n) is 10.7. The molecule has 1 saturated carbocycles. The summed E-state index contributed by atoms with van der Waals surface area (Å²) in [5, 5.41) is 7.24. The molecule has 1 aromatic carbocycles. The molecular weight excluding hydrogens is 384 g/mol. The molecule has 0 unspecified atom stereocenters. The lowest BCUT2D eigenvalue weighted by Crippen LogP contribution is -2.38. The van der Waals surface area contributed by atoms with Crippen molar-refractivity contribution in [3.05, 3.63) is 47.6 Å². The minimum absolute atomic E-state index is 0.0405. The summed E-state index contributed by atoms with van der Waals surface area (Å²) in [4.78, 5) is 19.3. The highest BCUT2D eigenvalue weighted by atomic mass is 35.5. The predicted molar refractivity (Wildman–Crippen MR) is 120 cm³/mol. The number of carbonyl (C=O) groups excluding carboxylic acids is 1. The van der Waals surface area contributed by atoms with Gasteiger partial charge in [-0.05, 0) is 68.0 Å². The van der Waals surface area contributed by atoms with Crippen LogP contribution < -0.4 is 15.5 Å². The van der Waals surface area contributed by atoms with Gasteiger partial charge in [-0.2, -0.15) is 0 Å². The minimum atomic E-state index is 0.0405. The Labute approximate surface area is 177 Å². The molecule has 29 heavy (non-hydrogen) atoms. The second-order valence-corrected chi connectivity index (χ2v) is 8.63. The number of anilines is 3. The molecule has 5 nitrogen and oxygen atoms in total. The first kappa shape index (κ1) is 20.0. The van der Waals surface area contributed by atoms with E-state index in [1.807, 2.05) is 24.3 Å². The van der Waals surface area contributed by atoms with Gasteiger partial charge in [0, 0.05) is 43.1 Å². The van der Waals surface area contributed by atoms with Crippen molar-refractivity contribution in [2.75, 3.05) is 35.2 Å². The van der Waals surface area contributed by atoms with Crippen LogP contribution in [-0.4, -0.2) is 30.5 Å². The predicted octanol–water partition coefficient (Wildman–Crippen LogP) is 5.19. The molecule has 0 atom stereocenters. The lowest BCUT2D eigenvalue weighted by molar-refractivity contribution is -0.120. The number of hydrogen-bond donors (Lipinski definition) is 2. The van der Waals surface area contributed by atoms with Gasteiger partial charge >= 0.3 is 0 Å². The molecular formula is C23H29ClN4O. The molecule has 1 amide bonds. The van der Waals surface area contributed by atoms with E-state index >= 15 is 0 Å². The second kappa shape index (κ2) is 9.49. The first-order chi connectivity index (χ1) is 14.2. The maximum absolute atomic E-state index is 12.7. The van der Waals surface area contributed by atoms with Crippen LogP contribution in [0.4, 0.5) is 17.2 Å². The van der Waals surface area contributed by atoms with Gasteiger partial charge in [0.15, 0.2) is 0 Å². The smallest absolute Gasteiger partial charge is 0.227 e. The maximum Gasteiger partial charge on any atom is 0.227 e. The van der Waals surface area contributed by atoms with Gasteiger partial charge in [0.1, 0.15) is 5.82 Å². The molecule has 2 N–H and O–H groups in total. The Morgan fingerprint density at radius 1 is 1.00 bits per heavy atom. The number of aromatic nitrogens is 1. The van der Waals surface area contributed by atoms with Gasteiger partial charge in [0.2, 0.25) is 5.91 Å². The Balaban J connectivity index is 1.23. The van der Waals surface area contributed by atoms with E-state index in [1.165, 1.54) is 25.7 Å². The zero-order chi connectivity index (χ0) is 20.1. The van der Waals surface area contributed by atoms with E-state index in [9.17, 15) is 4.79 Å². The monoisotopic (exact) mass is 412 g/mol. The Bertz CT molecular complexity index is 795. The van der Waals surface area contributed by atoms with Crippen LogP contribution in [0.1, 0.15) is 38.5 Å². The van der Waals surface area contributed by atoms with Gasteiger partial charge in [-0.3, -0.25) is 4.79 Å². The number of hydrogen-bond acceptors (Lipinski definition) is 4. The fourth-order valence-corrected chi connectivity index (χ4v) is 4.43. The molecule has 0 spiro atoms. The van der Waals surface area contributed by atoms with Crippen LogP contribution in [0.15, 0.2) is 42.6 Å². The van der Waals surface area contributed by atoms with Gasteiger partial charge in [-0.15, -0.1) is 0 Å². The van der Waals surface area contributed by atoms with Crippen molar-refractivity contribution < 1.29 is 4.79 Å². The molecule has 2 fully saturated rings. The molecule has 154 valence electrons. The quantitative estimate of drug-likeness (QED) is 0.685. The van der Waals surface area contributed by atoms with Crippen molar-refractivity contribution in [3.8, 4) is 0 Å². The average Bonchev–Trinajstić information content (AvgIpc) is 3.28. The molecule has 2 heterocycles. The number of nitrogens with zero attached hydrogens (tertiary/aromatic N) is 2. The molecule has 0 bridgehead atoms. The number of halogens is 1. The summed E-state index contributed by atoms with van der Waals surface area (Å²) in [5.41, 5.74) is 1.99. The molecule has 0 radical (unpaired) electrons. The summed E-state index contributed by atoms with van der Waals surface area (Å²) in [6.07, 6.45) is 8.75. The summed E-state index contributed by atoms with van der Waals surface area (Å²) in [7, 11) is 0. The topological polar surface area (TPSA) is 57.3 Å². The lowest BCUT2D eigenvalue weighted by atomic mass is 9.95. The molecule has 6 heteroatoms. The van der Waals surface area contributed by atoms with E-state index in [1.54, 1.807) is 6.20 Å². The zero-order valence-corrected chi connectivity index (χ0v) is 17.5. The van der Waals surface area contributed by atoms with Crippen LogP contribution >= 0.6 is 11.6 Å². The van der Waals surface area contributed by atoms with Gasteiger partial charge in [-0.1, -0.05) is 24.4 Å². The first-order valence-corrected chi connectivity index (χ1v) is 11.1. The van der Waals surface area contributed by atoms with Crippen LogP contribution in [0.5, 0.6) is 0 Å². The van der Waals surface area contributed by atoms with E-state index < -0.39 is 0 Å². The van der Waals surface area contributed by atoms with Gasteiger partial charge in [0.25, 0.3) is 0 Å². The lowest BCUT2D eigenvalue weighted by Gasteiger charge is -2.32. The average molecular weight is 413 g/mol. The molecule has 1 aliphatic heterocycles. The summed E-state index contributed by atoms with van der Waals surface area (Å²) >= 11 is 5.91. The standard InChI is InChI=1S/C23H29ClN4O/c24-19-5-10-22(26-16-19)28-13-11-18(12-14-28)23(29)27-21-8-6-20(7-9-21)25-15-17-3-1-2-4-17/h5-10,16-18,25H,1-4,11-15H2,(H,27,29). The van der Waals surface area contributed by atoms with E-state index in [2.05, 4.69) is 32.7 Å². The molecule has 1 aliphatic carbocycles. The van der Waals surface area contributed by atoms with Crippen molar-refractivity contribution in [1.29, 1.82) is 0 Å². The van der Waals surface area contributed by atoms with Crippen molar-refractivity contribution in [2.24, 2.45) is 11.8 Å². The summed E-state index contributed by atoms with van der Waals surface area (Å²) < 4.78 is 0. The summed E-state index contributed by atoms with van der Waals surface area (Å²) in [5.74, 6) is 1.89. The van der Waals surface area contributed by atoms with E-state index in [4.69, 9.17) is 11.6 Å².